The van der Waals surface area contributed by atoms with Gasteiger partial charge in [-0.25, -0.2) is 4.79 Å². The first-order valence-electron chi connectivity index (χ1n) is 8.87. The summed E-state index contributed by atoms with van der Waals surface area (Å²) in [5, 5.41) is 13.7. The average molecular weight is 412 g/mol. The van der Waals surface area contributed by atoms with Crippen molar-refractivity contribution in [2.75, 3.05) is 5.32 Å². The van der Waals surface area contributed by atoms with Crippen LogP contribution in [0, 0.1) is 0 Å². The molecule has 2 aliphatic heterocycles. The molecule has 3 aromatic rings. The third kappa shape index (κ3) is 2.64. The topological polar surface area (TPSA) is 58.6 Å². The lowest BCUT2D eigenvalue weighted by Gasteiger charge is -2.34. The Hall–Kier alpha value is -2.69. The Bertz CT molecular complexity index is 1100. The highest BCUT2D eigenvalue weighted by Gasteiger charge is 2.48. The van der Waals surface area contributed by atoms with E-state index in [0.717, 1.165) is 22.3 Å². The van der Waals surface area contributed by atoms with Crippen LogP contribution in [0.4, 0.5) is 5.69 Å². The van der Waals surface area contributed by atoms with E-state index in [9.17, 15) is 9.90 Å². The first-order chi connectivity index (χ1) is 13.5. The molecule has 3 atom stereocenters. The van der Waals surface area contributed by atoms with E-state index in [2.05, 4.69) is 11.4 Å². The van der Waals surface area contributed by atoms with Gasteiger partial charge in [-0.05, 0) is 35.4 Å². The SMILES string of the molecule is O=C(O)C1Nc2cc(Cl)cc(Cl)c2C2c3cc(-c4ccccc4)ccc3OC12. The Labute approximate surface area is 171 Å². The second-order valence-corrected chi connectivity index (χ2v) is 7.83. The molecule has 3 aromatic carbocycles. The highest BCUT2D eigenvalue weighted by atomic mass is 35.5. The fraction of sp³-hybridized carbons (Fsp3) is 0.136. The van der Waals surface area contributed by atoms with Crippen molar-refractivity contribution in [1.82, 2.24) is 0 Å². The zero-order chi connectivity index (χ0) is 19.4. The molecular weight excluding hydrogens is 397 g/mol. The normalized spacial score (nSPS) is 21.7. The molecule has 2 N–H and O–H groups in total. The number of anilines is 1. The number of carbonyl (C=O) groups is 1. The molecule has 0 saturated carbocycles. The van der Waals surface area contributed by atoms with Gasteiger partial charge in [0, 0.05) is 26.9 Å². The Kier molecular flexibility index (Phi) is 4.00. The Balaban J connectivity index is 1.70. The molecule has 140 valence electrons. The molecule has 0 amide bonds. The number of fused-ring (bicyclic) bond motifs is 5. The fourth-order valence-corrected chi connectivity index (χ4v) is 4.76. The maximum Gasteiger partial charge on any atom is 0.330 e. The first-order valence-corrected chi connectivity index (χ1v) is 9.63. The van der Waals surface area contributed by atoms with Crippen LogP contribution in [0.1, 0.15) is 17.0 Å². The van der Waals surface area contributed by atoms with Gasteiger partial charge in [-0.2, -0.15) is 0 Å². The molecule has 2 aliphatic rings. The van der Waals surface area contributed by atoms with Crippen LogP contribution in [0.25, 0.3) is 11.1 Å². The lowest BCUT2D eigenvalue weighted by Crippen LogP contribution is -2.48. The number of ether oxygens (including phenoxy) is 1. The molecule has 0 fully saturated rings. The summed E-state index contributed by atoms with van der Waals surface area (Å²) < 4.78 is 6.08. The van der Waals surface area contributed by atoms with Crippen LogP contribution in [0.15, 0.2) is 60.7 Å². The van der Waals surface area contributed by atoms with Crippen LogP contribution < -0.4 is 10.1 Å². The largest absolute Gasteiger partial charge is 0.486 e. The van der Waals surface area contributed by atoms with Crippen molar-refractivity contribution in [3.05, 3.63) is 81.8 Å². The molecular formula is C22H15Cl2NO3. The zero-order valence-corrected chi connectivity index (χ0v) is 16.0. The summed E-state index contributed by atoms with van der Waals surface area (Å²) in [5.74, 6) is -0.588. The maximum atomic E-state index is 11.9. The molecule has 0 bridgehead atoms. The van der Waals surface area contributed by atoms with Crippen LogP contribution in [0.2, 0.25) is 10.0 Å². The first kappa shape index (κ1) is 17.4. The van der Waals surface area contributed by atoms with Gasteiger partial charge >= 0.3 is 5.97 Å². The zero-order valence-electron chi connectivity index (χ0n) is 14.5. The summed E-state index contributed by atoms with van der Waals surface area (Å²) in [6, 6.07) is 18.5. The number of benzene rings is 3. The third-order valence-corrected chi connectivity index (χ3v) is 5.89. The van der Waals surface area contributed by atoms with E-state index in [-0.39, 0.29) is 5.92 Å². The van der Waals surface area contributed by atoms with Crippen molar-refractivity contribution >= 4 is 34.9 Å². The predicted octanol–water partition coefficient (Wildman–Crippen LogP) is 5.43. The summed E-state index contributed by atoms with van der Waals surface area (Å²) in [6.07, 6.45) is -0.593. The summed E-state index contributed by atoms with van der Waals surface area (Å²) >= 11 is 12.7. The smallest absolute Gasteiger partial charge is 0.330 e. The number of carboxylic acid groups (broad SMARTS) is 1. The molecule has 2 heterocycles. The monoisotopic (exact) mass is 411 g/mol. The van der Waals surface area contributed by atoms with E-state index >= 15 is 0 Å². The number of nitrogens with one attached hydrogen (secondary N) is 1. The number of carboxylic acids is 1. The van der Waals surface area contributed by atoms with Crippen LogP contribution >= 0.6 is 23.2 Å². The van der Waals surface area contributed by atoms with E-state index < -0.39 is 18.1 Å². The number of halogens is 2. The molecule has 0 aliphatic carbocycles. The van der Waals surface area contributed by atoms with Crippen LogP contribution in [0.3, 0.4) is 0 Å². The Morgan fingerprint density at radius 3 is 2.54 bits per heavy atom. The van der Waals surface area contributed by atoms with Gasteiger partial charge in [0.2, 0.25) is 0 Å². The van der Waals surface area contributed by atoms with Gasteiger partial charge in [-0.1, -0.05) is 59.6 Å². The third-order valence-electron chi connectivity index (χ3n) is 5.35. The number of hydrogen-bond donors (Lipinski definition) is 2. The summed E-state index contributed by atoms with van der Waals surface area (Å²) in [5.41, 5.74) is 4.51. The second kappa shape index (κ2) is 6.43. The summed E-state index contributed by atoms with van der Waals surface area (Å²) in [6.45, 7) is 0. The molecule has 4 nitrogen and oxygen atoms in total. The highest BCUT2D eigenvalue weighted by molar-refractivity contribution is 6.35. The average Bonchev–Trinajstić information content (AvgIpc) is 3.06. The fourth-order valence-electron chi connectivity index (χ4n) is 4.15. The van der Waals surface area contributed by atoms with E-state index in [1.807, 2.05) is 42.5 Å². The van der Waals surface area contributed by atoms with Gasteiger partial charge in [0.05, 0.1) is 5.92 Å². The minimum Gasteiger partial charge on any atom is -0.486 e. The standard InChI is InChI=1S/C22H15Cl2NO3/c23-13-9-15(24)19-16(10-13)25-20(22(26)27)21-18(19)14-8-12(6-7-17(14)28-21)11-4-2-1-3-5-11/h1-10,18,20-21,25H,(H,26,27). The minimum absolute atomic E-state index is 0.291. The minimum atomic E-state index is -0.979. The lowest BCUT2D eigenvalue weighted by atomic mass is 9.80. The predicted molar refractivity (Wildman–Crippen MR) is 110 cm³/mol. The summed E-state index contributed by atoms with van der Waals surface area (Å²) in [7, 11) is 0. The van der Waals surface area contributed by atoms with Crippen molar-refractivity contribution in [3.63, 3.8) is 0 Å². The van der Waals surface area contributed by atoms with Crippen molar-refractivity contribution in [1.29, 1.82) is 0 Å². The lowest BCUT2D eigenvalue weighted by molar-refractivity contribution is -0.140. The number of hydrogen-bond acceptors (Lipinski definition) is 3. The number of aliphatic carboxylic acids is 1. The molecule has 0 saturated heterocycles. The van der Waals surface area contributed by atoms with Crippen LogP contribution in [-0.2, 0) is 4.79 Å². The molecule has 0 spiro atoms. The highest BCUT2D eigenvalue weighted by Crippen LogP contribution is 2.52. The van der Waals surface area contributed by atoms with Crippen molar-refractivity contribution in [2.24, 2.45) is 0 Å². The Morgan fingerprint density at radius 1 is 1.00 bits per heavy atom. The van der Waals surface area contributed by atoms with E-state index in [4.69, 9.17) is 27.9 Å². The van der Waals surface area contributed by atoms with Crippen molar-refractivity contribution in [2.45, 2.75) is 18.1 Å². The molecule has 28 heavy (non-hydrogen) atoms. The molecule has 3 unspecified atom stereocenters. The van der Waals surface area contributed by atoms with Gasteiger partial charge in [0.1, 0.15) is 11.9 Å². The van der Waals surface area contributed by atoms with Crippen molar-refractivity contribution in [3.8, 4) is 16.9 Å². The van der Waals surface area contributed by atoms with Crippen LogP contribution in [0.5, 0.6) is 5.75 Å². The Morgan fingerprint density at radius 2 is 1.79 bits per heavy atom. The maximum absolute atomic E-state index is 11.9. The van der Waals surface area contributed by atoms with Gasteiger partial charge in [0.25, 0.3) is 0 Å². The van der Waals surface area contributed by atoms with Gasteiger partial charge in [-0.3, -0.25) is 0 Å². The van der Waals surface area contributed by atoms with E-state index in [0.29, 0.717) is 21.5 Å². The van der Waals surface area contributed by atoms with Gasteiger partial charge in [0.15, 0.2) is 6.04 Å². The van der Waals surface area contributed by atoms with E-state index in [1.165, 1.54) is 0 Å². The molecule has 0 radical (unpaired) electrons. The summed E-state index contributed by atoms with van der Waals surface area (Å²) in [4.78, 5) is 11.9. The molecule has 5 rings (SSSR count). The second-order valence-electron chi connectivity index (χ2n) is 6.99. The van der Waals surface area contributed by atoms with Crippen molar-refractivity contribution < 1.29 is 14.6 Å². The van der Waals surface area contributed by atoms with E-state index in [1.54, 1.807) is 12.1 Å². The molecule has 6 heteroatoms. The quantitative estimate of drug-likeness (QED) is 0.589. The molecule has 0 aromatic heterocycles. The van der Waals surface area contributed by atoms with Gasteiger partial charge < -0.3 is 15.2 Å². The van der Waals surface area contributed by atoms with Gasteiger partial charge in [-0.15, -0.1) is 0 Å². The van der Waals surface area contributed by atoms with Crippen LogP contribution in [-0.4, -0.2) is 23.2 Å². The number of rotatable bonds is 2.